The summed E-state index contributed by atoms with van der Waals surface area (Å²) in [5, 5.41) is 15.5. The molecule has 2 N–H and O–H groups in total. The molecule has 1 aromatic heterocycles. The molecule has 0 aliphatic heterocycles. The molecule has 2 aromatic rings. The maximum absolute atomic E-state index is 12.6. The van der Waals surface area contributed by atoms with Crippen molar-refractivity contribution in [1.29, 1.82) is 0 Å². The van der Waals surface area contributed by atoms with Gasteiger partial charge in [-0.3, -0.25) is 5.10 Å². The van der Waals surface area contributed by atoms with Gasteiger partial charge in [0, 0.05) is 5.56 Å². The van der Waals surface area contributed by atoms with Gasteiger partial charge >= 0.3 is 0 Å². The quantitative estimate of drug-likeness (QED) is 0.760. The van der Waals surface area contributed by atoms with Gasteiger partial charge in [-0.25, -0.2) is 4.39 Å². The van der Waals surface area contributed by atoms with E-state index >= 15 is 0 Å². The Morgan fingerprint density at radius 1 is 1.29 bits per heavy atom. The second kappa shape index (κ2) is 3.59. The summed E-state index contributed by atoms with van der Waals surface area (Å²) in [6.07, 6.45) is 0. The van der Waals surface area contributed by atoms with Gasteiger partial charge in [-0.05, 0) is 30.3 Å². The van der Waals surface area contributed by atoms with Crippen LogP contribution < -0.4 is 0 Å². The molecule has 0 aliphatic rings. The van der Waals surface area contributed by atoms with Gasteiger partial charge in [0.15, 0.2) is 0 Å². The number of rotatable bonds is 2. The molecule has 0 saturated carbocycles. The van der Waals surface area contributed by atoms with Crippen LogP contribution in [0.1, 0.15) is 5.69 Å². The van der Waals surface area contributed by atoms with E-state index in [2.05, 4.69) is 10.2 Å². The summed E-state index contributed by atoms with van der Waals surface area (Å²) >= 11 is 0. The lowest BCUT2D eigenvalue weighted by molar-refractivity contribution is 0.276. The van der Waals surface area contributed by atoms with Crippen molar-refractivity contribution in [1.82, 2.24) is 10.2 Å². The summed E-state index contributed by atoms with van der Waals surface area (Å²) in [5.74, 6) is -0.272. The number of halogens is 1. The van der Waals surface area contributed by atoms with E-state index in [0.717, 1.165) is 5.56 Å². The molecule has 4 heteroatoms. The fourth-order valence-electron chi connectivity index (χ4n) is 1.21. The SMILES string of the molecule is OCc1cc(-c2ccc(F)cc2)n[nH]1. The minimum atomic E-state index is -0.272. The number of aliphatic hydroxyl groups is 1. The molecule has 0 atom stereocenters. The van der Waals surface area contributed by atoms with Crippen molar-refractivity contribution in [3.8, 4) is 11.3 Å². The monoisotopic (exact) mass is 192 g/mol. The maximum atomic E-state index is 12.6. The fourth-order valence-corrected chi connectivity index (χ4v) is 1.21. The number of hydrogen-bond acceptors (Lipinski definition) is 2. The molecule has 1 heterocycles. The molecule has 0 spiro atoms. The Hall–Kier alpha value is -1.68. The summed E-state index contributed by atoms with van der Waals surface area (Å²) in [6, 6.07) is 7.78. The predicted octanol–water partition coefficient (Wildman–Crippen LogP) is 1.71. The van der Waals surface area contributed by atoms with Crippen LogP contribution in [-0.4, -0.2) is 15.3 Å². The van der Waals surface area contributed by atoms with Crippen LogP contribution in [-0.2, 0) is 6.61 Å². The topological polar surface area (TPSA) is 48.9 Å². The Kier molecular flexibility index (Phi) is 2.28. The van der Waals surface area contributed by atoms with E-state index in [1.165, 1.54) is 12.1 Å². The summed E-state index contributed by atoms with van der Waals surface area (Å²) in [5.41, 5.74) is 2.17. The summed E-state index contributed by atoms with van der Waals surface area (Å²) in [7, 11) is 0. The van der Waals surface area contributed by atoms with Crippen molar-refractivity contribution in [3.63, 3.8) is 0 Å². The highest BCUT2D eigenvalue weighted by atomic mass is 19.1. The molecule has 0 aliphatic carbocycles. The average Bonchev–Trinajstić information content (AvgIpc) is 2.67. The molecule has 0 bridgehead atoms. The largest absolute Gasteiger partial charge is 0.390 e. The highest BCUT2D eigenvalue weighted by molar-refractivity contribution is 5.58. The van der Waals surface area contributed by atoms with Gasteiger partial charge in [0.1, 0.15) is 5.82 Å². The molecule has 3 nitrogen and oxygen atoms in total. The van der Waals surface area contributed by atoms with E-state index in [1.807, 2.05) is 0 Å². The van der Waals surface area contributed by atoms with E-state index < -0.39 is 0 Å². The molecule has 14 heavy (non-hydrogen) atoms. The first-order valence-corrected chi connectivity index (χ1v) is 4.20. The fraction of sp³-hybridized carbons (Fsp3) is 0.100. The van der Waals surface area contributed by atoms with Crippen LogP contribution in [0.4, 0.5) is 4.39 Å². The second-order valence-corrected chi connectivity index (χ2v) is 2.94. The standard InChI is InChI=1S/C10H9FN2O/c11-8-3-1-7(2-4-8)10-5-9(6-14)12-13-10/h1-5,14H,6H2,(H,12,13). The smallest absolute Gasteiger partial charge is 0.123 e. The van der Waals surface area contributed by atoms with Crippen LogP contribution in [0.3, 0.4) is 0 Å². The van der Waals surface area contributed by atoms with Crippen LogP contribution in [0, 0.1) is 5.82 Å². The number of aromatic amines is 1. The molecular formula is C10H9FN2O. The first kappa shape index (κ1) is 8.90. The molecular weight excluding hydrogens is 183 g/mol. The van der Waals surface area contributed by atoms with Crippen LogP contribution in [0.2, 0.25) is 0 Å². The highest BCUT2D eigenvalue weighted by Crippen LogP contribution is 2.17. The molecule has 0 amide bonds. The Labute approximate surface area is 80.2 Å². The van der Waals surface area contributed by atoms with E-state index in [0.29, 0.717) is 11.4 Å². The first-order valence-electron chi connectivity index (χ1n) is 4.20. The maximum Gasteiger partial charge on any atom is 0.123 e. The van der Waals surface area contributed by atoms with Gasteiger partial charge in [0.2, 0.25) is 0 Å². The number of H-pyrrole nitrogens is 1. The lowest BCUT2D eigenvalue weighted by Gasteiger charge is -1.94. The average molecular weight is 192 g/mol. The lowest BCUT2D eigenvalue weighted by atomic mass is 10.1. The van der Waals surface area contributed by atoms with Crippen LogP contribution >= 0.6 is 0 Å². The molecule has 2 rings (SSSR count). The minimum absolute atomic E-state index is 0.0752. The third-order valence-electron chi connectivity index (χ3n) is 1.94. The summed E-state index contributed by atoms with van der Waals surface area (Å²) in [4.78, 5) is 0. The Morgan fingerprint density at radius 3 is 2.57 bits per heavy atom. The third-order valence-corrected chi connectivity index (χ3v) is 1.94. The van der Waals surface area contributed by atoms with Crippen molar-refractivity contribution in [2.75, 3.05) is 0 Å². The third kappa shape index (κ3) is 1.65. The minimum Gasteiger partial charge on any atom is -0.390 e. The normalized spacial score (nSPS) is 10.4. The van der Waals surface area contributed by atoms with E-state index in [4.69, 9.17) is 5.11 Å². The summed E-state index contributed by atoms with van der Waals surface area (Å²) < 4.78 is 12.6. The Balaban J connectivity index is 2.34. The van der Waals surface area contributed by atoms with Crippen molar-refractivity contribution in [3.05, 3.63) is 41.8 Å². The van der Waals surface area contributed by atoms with Gasteiger partial charge in [-0.2, -0.15) is 5.10 Å². The zero-order valence-corrected chi connectivity index (χ0v) is 7.37. The number of nitrogens with one attached hydrogen (secondary N) is 1. The van der Waals surface area contributed by atoms with Gasteiger partial charge in [-0.1, -0.05) is 0 Å². The first-order chi connectivity index (χ1) is 6.79. The van der Waals surface area contributed by atoms with Gasteiger partial charge in [0.25, 0.3) is 0 Å². The Morgan fingerprint density at radius 2 is 2.00 bits per heavy atom. The Bertz CT molecular complexity index is 422. The molecule has 0 unspecified atom stereocenters. The van der Waals surface area contributed by atoms with Crippen molar-refractivity contribution in [2.45, 2.75) is 6.61 Å². The summed E-state index contributed by atoms with van der Waals surface area (Å²) in [6.45, 7) is -0.0752. The van der Waals surface area contributed by atoms with Gasteiger partial charge in [0.05, 0.1) is 18.0 Å². The number of nitrogens with zero attached hydrogens (tertiary/aromatic N) is 1. The number of aromatic nitrogens is 2. The second-order valence-electron chi connectivity index (χ2n) is 2.94. The van der Waals surface area contributed by atoms with E-state index in [1.54, 1.807) is 18.2 Å². The van der Waals surface area contributed by atoms with E-state index in [9.17, 15) is 4.39 Å². The zero-order chi connectivity index (χ0) is 9.97. The van der Waals surface area contributed by atoms with Crippen LogP contribution in [0.5, 0.6) is 0 Å². The predicted molar refractivity (Wildman–Crippen MR) is 49.9 cm³/mol. The molecule has 1 aromatic carbocycles. The number of aliphatic hydroxyl groups excluding tert-OH is 1. The van der Waals surface area contributed by atoms with Gasteiger partial charge < -0.3 is 5.11 Å². The highest BCUT2D eigenvalue weighted by Gasteiger charge is 2.02. The van der Waals surface area contributed by atoms with E-state index in [-0.39, 0.29) is 12.4 Å². The number of benzene rings is 1. The van der Waals surface area contributed by atoms with Crippen molar-refractivity contribution in [2.24, 2.45) is 0 Å². The molecule has 72 valence electrons. The van der Waals surface area contributed by atoms with Crippen LogP contribution in [0.25, 0.3) is 11.3 Å². The van der Waals surface area contributed by atoms with Crippen molar-refractivity contribution < 1.29 is 9.50 Å². The molecule has 0 radical (unpaired) electrons. The zero-order valence-electron chi connectivity index (χ0n) is 7.37. The molecule has 0 fully saturated rings. The van der Waals surface area contributed by atoms with Crippen molar-refractivity contribution >= 4 is 0 Å². The molecule has 0 saturated heterocycles. The number of hydrogen-bond donors (Lipinski definition) is 2. The van der Waals surface area contributed by atoms with Gasteiger partial charge in [-0.15, -0.1) is 0 Å². The lowest BCUT2D eigenvalue weighted by Crippen LogP contribution is -1.79. The van der Waals surface area contributed by atoms with Crippen LogP contribution in [0.15, 0.2) is 30.3 Å².